The van der Waals surface area contributed by atoms with Crippen LogP contribution in [0.5, 0.6) is 0 Å². The van der Waals surface area contributed by atoms with Crippen LogP contribution in [-0.4, -0.2) is 47.8 Å². The zero-order chi connectivity index (χ0) is 18.4. The number of aromatic nitrogens is 1. The van der Waals surface area contributed by atoms with Gasteiger partial charge in [-0.05, 0) is 36.2 Å². The molecular formula is C20H18ClN3O3. The number of hydrogen-bond donors (Lipinski definition) is 0. The summed E-state index contributed by atoms with van der Waals surface area (Å²) in [4.78, 5) is 20.7. The molecule has 2 aromatic carbocycles. The molecule has 0 unspecified atom stereocenters. The lowest BCUT2D eigenvalue weighted by molar-refractivity contribution is 0.135. The van der Waals surface area contributed by atoms with Crippen LogP contribution in [-0.2, 0) is 11.2 Å². The Labute approximate surface area is 161 Å². The number of carbonyl (C=O) groups excluding carboxylic acids is 1. The zero-order valence-electron chi connectivity index (χ0n) is 14.5. The highest BCUT2D eigenvalue weighted by atomic mass is 35.5. The van der Waals surface area contributed by atoms with Crippen LogP contribution in [0.15, 0.2) is 52.9 Å². The molecule has 0 spiro atoms. The molecule has 0 bridgehead atoms. The van der Waals surface area contributed by atoms with Gasteiger partial charge in [0.1, 0.15) is 11.6 Å². The fourth-order valence-corrected chi connectivity index (χ4v) is 4.07. The Kier molecular flexibility index (Phi) is 3.93. The van der Waals surface area contributed by atoms with E-state index in [-0.39, 0.29) is 18.2 Å². The zero-order valence-corrected chi connectivity index (χ0v) is 15.3. The third kappa shape index (κ3) is 3.00. The molecule has 27 heavy (non-hydrogen) atoms. The summed E-state index contributed by atoms with van der Waals surface area (Å²) in [5, 5.41) is 0.706. The molecule has 2 fully saturated rings. The first kappa shape index (κ1) is 16.4. The second-order valence-electron chi connectivity index (χ2n) is 6.93. The van der Waals surface area contributed by atoms with Crippen molar-refractivity contribution in [2.75, 3.05) is 24.5 Å². The average Bonchev–Trinajstić information content (AvgIpc) is 3.32. The van der Waals surface area contributed by atoms with Crippen molar-refractivity contribution in [3.8, 4) is 0 Å². The first-order chi connectivity index (χ1) is 13.2. The number of anilines is 1. The molecule has 5 rings (SSSR count). The Morgan fingerprint density at radius 2 is 2.04 bits per heavy atom. The van der Waals surface area contributed by atoms with Crippen molar-refractivity contribution in [1.29, 1.82) is 0 Å². The van der Waals surface area contributed by atoms with E-state index in [2.05, 4.69) is 4.98 Å². The van der Waals surface area contributed by atoms with Gasteiger partial charge in [-0.1, -0.05) is 35.9 Å². The Bertz CT molecular complexity index is 972. The van der Waals surface area contributed by atoms with Crippen LogP contribution < -0.4 is 4.90 Å². The van der Waals surface area contributed by atoms with E-state index in [9.17, 15) is 4.79 Å². The summed E-state index contributed by atoms with van der Waals surface area (Å²) in [6.45, 7) is 1.84. The number of ether oxygens (including phenoxy) is 1. The van der Waals surface area contributed by atoms with Gasteiger partial charge in [0.25, 0.3) is 6.01 Å². The minimum Gasteiger partial charge on any atom is -0.442 e. The SMILES string of the molecule is O=C1O[C@@H]2CN(c3nc4ccccc4o3)C[C@@H]2N1CCc1cccc(Cl)c1. The molecule has 0 aliphatic carbocycles. The van der Waals surface area contributed by atoms with Crippen LogP contribution in [0.3, 0.4) is 0 Å². The predicted octanol–water partition coefficient (Wildman–Crippen LogP) is 3.73. The maximum Gasteiger partial charge on any atom is 0.410 e. The summed E-state index contributed by atoms with van der Waals surface area (Å²) in [6, 6.07) is 16.0. The number of hydrogen-bond acceptors (Lipinski definition) is 5. The van der Waals surface area contributed by atoms with Gasteiger partial charge in [0.2, 0.25) is 0 Å². The Morgan fingerprint density at radius 1 is 1.15 bits per heavy atom. The third-order valence-electron chi connectivity index (χ3n) is 5.21. The van der Waals surface area contributed by atoms with Gasteiger partial charge in [0.05, 0.1) is 12.6 Å². The first-order valence-corrected chi connectivity index (χ1v) is 9.37. The number of nitrogens with zero attached hydrogens (tertiary/aromatic N) is 3. The van der Waals surface area contributed by atoms with Crippen molar-refractivity contribution in [2.45, 2.75) is 18.6 Å². The lowest BCUT2D eigenvalue weighted by Crippen LogP contribution is -2.39. The van der Waals surface area contributed by atoms with E-state index < -0.39 is 0 Å². The summed E-state index contributed by atoms with van der Waals surface area (Å²) >= 11 is 6.05. The standard InChI is InChI=1S/C20H18ClN3O3/c21-14-5-3-4-13(10-14)8-9-24-16-11-23(12-18(16)27-20(24)25)19-22-15-6-1-2-7-17(15)26-19/h1-7,10,16,18H,8-9,11-12H2/t16-,18+/m0/s1. The highest BCUT2D eigenvalue weighted by molar-refractivity contribution is 6.30. The molecule has 0 radical (unpaired) electrons. The van der Waals surface area contributed by atoms with Crippen molar-refractivity contribution in [2.24, 2.45) is 0 Å². The lowest BCUT2D eigenvalue weighted by Gasteiger charge is -2.21. The average molecular weight is 384 g/mol. The minimum atomic E-state index is -0.246. The van der Waals surface area contributed by atoms with Crippen molar-refractivity contribution >= 4 is 34.8 Å². The molecule has 6 nitrogen and oxygen atoms in total. The minimum absolute atomic E-state index is 0.00620. The molecule has 3 aromatic rings. The Balaban J connectivity index is 1.30. The summed E-state index contributed by atoms with van der Waals surface area (Å²) < 4.78 is 11.4. The quantitative estimate of drug-likeness (QED) is 0.687. The molecule has 1 amide bonds. The molecule has 2 atom stereocenters. The van der Waals surface area contributed by atoms with Crippen LogP contribution in [0.4, 0.5) is 10.8 Å². The number of fused-ring (bicyclic) bond motifs is 2. The summed E-state index contributed by atoms with van der Waals surface area (Å²) in [6.07, 6.45) is 0.331. The van der Waals surface area contributed by atoms with Gasteiger partial charge in [-0.15, -0.1) is 0 Å². The van der Waals surface area contributed by atoms with Crippen molar-refractivity contribution < 1.29 is 13.9 Å². The van der Waals surface area contributed by atoms with E-state index in [1.807, 2.05) is 58.3 Å². The number of amides is 1. The predicted molar refractivity (Wildman–Crippen MR) is 102 cm³/mol. The number of rotatable bonds is 4. The monoisotopic (exact) mass is 383 g/mol. The van der Waals surface area contributed by atoms with E-state index in [0.29, 0.717) is 30.7 Å². The van der Waals surface area contributed by atoms with Gasteiger partial charge in [0, 0.05) is 18.1 Å². The van der Waals surface area contributed by atoms with Crippen LogP contribution in [0.2, 0.25) is 5.02 Å². The molecule has 2 aliphatic rings. The number of para-hydroxylation sites is 2. The second-order valence-corrected chi connectivity index (χ2v) is 7.37. The lowest BCUT2D eigenvalue weighted by atomic mass is 10.1. The van der Waals surface area contributed by atoms with Crippen LogP contribution in [0.25, 0.3) is 11.1 Å². The molecule has 0 saturated carbocycles. The van der Waals surface area contributed by atoms with Gasteiger partial charge in [-0.25, -0.2) is 4.79 Å². The number of benzene rings is 2. The van der Waals surface area contributed by atoms with Crippen molar-refractivity contribution in [3.63, 3.8) is 0 Å². The molecule has 2 aliphatic heterocycles. The van der Waals surface area contributed by atoms with Gasteiger partial charge < -0.3 is 14.1 Å². The smallest absolute Gasteiger partial charge is 0.410 e. The summed E-state index contributed by atoms with van der Waals surface area (Å²) in [7, 11) is 0. The van der Waals surface area contributed by atoms with E-state index in [1.54, 1.807) is 0 Å². The highest BCUT2D eigenvalue weighted by Gasteiger charge is 2.48. The van der Waals surface area contributed by atoms with E-state index in [4.69, 9.17) is 20.8 Å². The number of carbonyl (C=O) groups is 1. The molecule has 138 valence electrons. The second kappa shape index (κ2) is 6.46. The maximum atomic E-state index is 12.3. The highest BCUT2D eigenvalue weighted by Crippen LogP contribution is 2.31. The van der Waals surface area contributed by atoms with Gasteiger partial charge in [-0.2, -0.15) is 4.98 Å². The number of halogens is 1. The molecule has 0 N–H and O–H groups in total. The topological polar surface area (TPSA) is 58.8 Å². The van der Waals surface area contributed by atoms with Gasteiger partial charge in [0.15, 0.2) is 5.58 Å². The van der Waals surface area contributed by atoms with E-state index in [0.717, 1.165) is 23.1 Å². The maximum absolute atomic E-state index is 12.3. The van der Waals surface area contributed by atoms with Crippen molar-refractivity contribution in [1.82, 2.24) is 9.88 Å². The van der Waals surface area contributed by atoms with E-state index in [1.165, 1.54) is 0 Å². The summed E-state index contributed by atoms with van der Waals surface area (Å²) in [5.74, 6) is 0. The van der Waals surface area contributed by atoms with Gasteiger partial charge in [-0.3, -0.25) is 4.90 Å². The Morgan fingerprint density at radius 3 is 2.89 bits per heavy atom. The van der Waals surface area contributed by atoms with Gasteiger partial charge >= 0.3 is 6.09 Å². The fourth-order valence-electron chi connectivity index (χ4n) is 3.86. The Hall–Kier alpha value is -2.73. The molecule has 7 heteroatoms. The van der Waals surface area contributed by atoms with Crippen molar-refractivity contribution in [3.05, 3.63) is 59.1 Å². The molecular weight excluding hydrogens is 366 g/mol. The van der Waals surface area contributed by atoms with Crippen LogP contribution in [0.1, 0.15) is 5.56 Å². The largest absolute Gasteiger partial charge is 0.442 e. The normalized spacial score (nSPS) is 21.7. The molecule has 2 saturated heterocycles. The van der Waals surface area contributed by atoms with Crippen LogP contribution >= 0.6 is 11.6 Å². The number of oxazole rings is 1. The summed E-state index contributed by atoms with van der Waals surface area (Å²) in [5.41, 5.74) is 2.70. The van der Waals surface area contributed by atoms with Crippen LogP contribution in [0, 0.1) is 0 Å². The van der Waals surface area contributed by atoms with E-state index >= 15 is 0 Å². The first-order valence-electron chi connectivity index (χ1n) is 8.99. The molecule has 3 heterocycles. The molecule has 1 aromatic heterocycles. The third-order valence-corrected chi connectivity index (χ3v) is 5.44. The fraction of sp³-hybridized carbons (Fsp3) is 0.300.